The van der Waals surface area contributed by atoms with Crippen LogP contribution in [-0.2, 0) is 0 Å². The van der Waals surface area contributed by atoms with Gasteiger partial charge >= 0.3 is 5.63 Å². The SMILES string of the molecule is Cc1cc(=O)oc2cc(Sc3cccc(Cl)n3)ccc12. The van der Waals surface area contributed by atoms with Gasteiger partial charge in [0.25, 0.3) is 0 Å². The number of fused-ring (bicyclic) bond motifs is 1. The van der Waals surface area contributed by atoms with E-state index in [0.717, 1.165) is 20.9 Å². The minimum Gasteiger partial charge on any atom is -0.423 e. The van der Waals surface area contributed by atoms with Gasteiger partial charge in [0.2, 0.25) is 0 Å². The van der Waals surface area contributed by atoms with Crippen LogP contribution in [0.25, 0.3) is 11.0 Å². The van der Waals surface area contributed by atoms with Crippen LogP contribution in [0.4, 0.5) is 0 Å². The molecule has 0 aliphatic rings. The Hall–Kier alpha value is -1.78. The van der Waals surface area contributed by atoms with Gasteiger partial charge in [-0.15, -0.1) is 0 Å². The van der Waals surface area contributed by atoms with Gasteiger partial charge in [-0.25, -0.2) is 9.78 Å². The van der Waals surface area contributed by atoms with Crippen LogP contribution in [0.3, 0.4) is 0 Å². The molecule has 0 saturated heterocycles. The predicted molar refractivity (Wildman–Crippen MR) is 80.6 cm³/mol. The molecule has 0 N–H and O–H groups in total. The van der Waals surface area contributed by atoms with Crippen LogP contribution in [0.1, 0.15) is 5.56 Å². The number of pyridine rings is 1. The molecule has 2 aromatic heterocycles. The molecule has 0 saturated carbocycles. The van der Waals surface area contributed by atoms with Crippen LogP contribution < -0.4 is 5.63 Å². The number of halogens is 1. The van der Waals surface area contributed by atoms with E-state index in [-0.39, 0.29) is 5.63 Å². The summed E-state index contributed by atoms with van der Waals surface area (Å²) < 4.78 is 5.23. The van der Waals surface area contributed by atoms with Crippen molar-refractivity contribution in [1.29, 1.82) is 0 Å². The summed E-state index contributed by atoms with van der Waals surface area (Å²) in [5.41, 5.74) is 1.16. The number of aromatic nitrogens is 1. The summed E-state index contributed by atoms with van der Waals surface area (Å²) in [6, 6.07) is 12.7. The van der Waals surface area contributed by atoms with E-state index in [9.17, 15) is 4.79 Å². The highest BCUT2D eigenvalue weighted by Crippen LogP contribution is 2.29. The first-order valence-electron chi connectivity index (χ1n) is 5.97. The minimum absolute atomic E-state index is 0.335. The lowest BCUT2D eigenvalue weighted by molar-refractivity contribution is 0.559. The van der Waals surface area contributed by atoms with E-state index in [1.807, 2.05) is 37.3 Å². The maximum Gasteiger partial charge on any atom is 0.336 e. The largest absolute Gasteiger partial charge is 0.423 e. The monoisotopic (exact) mass is 303 g/mol. The van der Waals surface area contributed by atoms with Gasteiger partial charge in [-0.1, -0.05) is 29.4 Å². The molecule has 3 nitrogen and oxygen atoms in total. The van der Waals surface area contributed by atoms with Crippen LogP contribution in [0.2, 0.25) is 5.15 Å². The first-order chi connectivity index (χ1) is 9.61. The predicted octanol–water partition coefficient (Wildman–Crippen LogP) is 4.30. The fourth-order valence-electron chi connectivity index (χ4n) is 1.94. The average molecular weight is 304 g/mol. The molecule has 100 valence electrons. The molecule has 0 bridgehead atoms. The summed E-state index contributed by atoms with van der Waals surface area (Å²) in [6.07, 6.45) is 0. The second kappa shape index (κ2) is 5.31. The Morgan fingerprint density at radius 2 is 2.05 bits per heavy atom. The van der Waals surface area contributed by atoms with Crippen LogP contribution >= 0.6 is 23.4 Å². The van der Waals surface area contributed by atoms with Crippen molar-refractivity contribution in [2.45, 2.75) is 16.8 Å². The van der Waals surface area contributed by atoms with Crippen molar-refractivity contribution in [3.05, 3.63) is 63.6 Å². The quantitative estimate of drug-likeness (QED) is 0.523. The lowest BCUT2D eigenvalue weighted by atomic mass is 10.1. The van der Waals surface area contributed by atoms with Crippen molar-refractivity contribution in [2.24, 2.45) is 0 Å². The lowest BCUT2D eigenvalue weighted by Gasteiger charge is -2.04. The summed E-state index contributed by atoms with van der Waals surface area (Å²) in [5.74, 6) is 0. The first-order valence-corrected chi connectivity index (χ1v) is 7.16. The van der Waals surface area contributed by atoms with Crippen LogP contribution in [0.5, 0.6) is 0 Å². The fourth-order valence-corrected chi connectivity index (χ4v) is 2.98. The number of hydrogen-bond acceptors (Lipinski definition) is 4. The molecule has 0 fully saturated rings. The van der Waals surface area contributed by atoms with Crippen molar-refractivity contribution in [3.8, 4) is 0 Å². The number of nitrogens with zero attached hydrogens (tertiary/aromatic N) is 1. The molecular formula is C15H10ClNO2S. The summed E-state index contributed by atoms with van der Waals surface area (Å²) >= 11 is 7.33. The maximum atomic E-state index is 11.4. The van der Waals surface area contributed by atoms with Gasteiger partial charge in [-0.3, -0.25) is 0 Å². The van der Waals surface area contributed by atoms with E-state index < -0.39 is 0 Å². The second-order valence-electron chi connectivity index (χ2n) is 4.31. The van der Waals surface area contributed by atoms with Crippen molar-refractivity contribution >= 4 is 34.3 Å². The van der Waals surface area contributed by atoms with E-state index in [1.165, 1.54) is 17.8 Å². The molecule has 0 radical (unpaired) electrons. The zero-order valence-electron chi connectivity index (χ0n) is 10.6. The Morgan fingerprint density at radius 1 is 1.20 bits per heavy atom. The average Bonchev–Trinajstić information content (AvgIpc) is 2.38. The molecule has 2 heterocycles. The Labute approximate surface area is 124 Å². The normalized spacial score (nSPS) is 10.9. The summed E-state index contributed by atoms with van der Waals surface area (Å²) in [6.45, 7) is 1.89. The number of benzene rings is 1. The van der Waals surface area contributed by atoms with Crippen LogP contribution in [-0.4, -0.2) is 4.98 Å². The van der Waals surface area contributed by atoms with Crippen LogP contribution in [0.15, 0.2) is 61.6 Å². The van der Waals surface area contributed by atoms with E-state index in [1.54, 1.807) is 6.07 Å². The highest BCUT2D eigenvalue weighted by molar-refractivity contribution is 7.99. The maximum absolute atomic E-state index is 11.4. The number of rotatable bonds is 2. The van der Waals surface area contributed by atoms with Crippen molar-refractivity contribution in [3.63, 3.8) is 0 Å². The third-order valence-corrected chi connectivity index (χ3v) is 3.97. The highest BCUT2D eigenvalue weighted by atomic mass is 35.5. The highest BCUT2D eigenvalue weighted by Gasteiger charge is 2.05. The van der Waals surface area contributed by atoms with Gasteiger partial charge in [-0.2, -0.15) is 0 Å². The number of hydrogen-bond donors (Lipinski definition) is 0. The summed E-state index contributed by atoms with van der Waals surface area (Å²) in [5, 5.41) is 2.19. The molecule has 0 aliphatic heterocycles. The Balaban J connectivity index is 2.03. The smallest absolute Gasteiger partial charge is 0.336 e. The van der Waals surface area contributed by atoms with Crippen molar-refractivity contribution in [1.82, 2.24) is 4.98 Å². The molecule has 0 unspecified atom stereocenters. The number of aryl methyl sites for hydroxylation is 1. The minimum atomic E-state index is -0.335. The standard InChI is InChI=1S/C15H10ClNO2S/c1-9-7-15(18)19-12-8-10(5-6-11(9)12)20-14-4-2-3-13(16)17-14/h2-8H,1H3. The van der Waals surface area contributed by atoms with Gasteiger partial charge in [-0.05, 0) is 42.8 Å². The van der Waals surface area contributed by atoms with E-state index in [4.69, 9.17) is 16.0 Å². The molecule has 1 aromatic carbocycles. The van der Waals surface area contributed by atoms with E-state index >= 15 is 0 Å². The zero-order chi connectivity index (χ0) is 14.1. The van der Waals surface area contributed by atoms with Gasteiger partial charge < -0.3 is 4.42 Å². The molecule has 0 amide bonds. The lowest BCUT2D eigenvalue weighted by Crippen LogP contribution is -1.97. The summed E-state index contributed by atoms with van der Waals surface area (Å²) in [7, 11) is 0. The Bertz CT molecular complexity index is 845. The van der Waals surface area contributed by atoms with Gasteiger partial charge in [0.1, 0.15) is 15.8 Å². The molecule has 3 rings (SSSR count). The molecule has 0 aliphatic carbocycles. The van der Waals surface area contributed by atoms with E-state index in [0.29, 0.717) is 10.7 Å². The third-order valence-electron chi connectivity index (χ3n) is 2.83. The Morgan fingerprint density at radius 3 is 2.85 bits per heavy atom. The Kier molecular flexibility index (Phi) is 3.51. The molecule has 5 heteroatoms. The van der Waals surface area contributed by atoms with Crippen LogP contribution in [0, 0.1) is 6.92 Å². The van der Waals surface area contributed by atoms with Gasteiger partial charge in [0, 0.05) is 16.3 Å². The van der Waals surface area contributed by atoms with Crippen molar-refractivity contribution < 1.29 is 4.42 Å². The molecule has 0 atom stereocenters. The molecule has 20 heavy (non-hydrogen) atoms. The van der Waals surface area contributed by atoms with E-state index in [2.05, 4.69) is 4.98 Å². The molecular weight excluding hydrogens is 294 g/mol. The summed E-state index contributed by atoms with van der Waals surface area (Å²) in [4.78, 5) is 16.6. The van der Waals surface area contributed by atoms with Gasteiger partial charge in [0.15, 0.2) is 0 Å². The topological polar surface area (TPSA) is 43.1 Å². The first kappa shape index (κ1) is 13.2. The fraction of sp³-hybridized carbons (Fsp3) is 0.0667. The molecule has 0 spiro atoms. The van der Waals surface area contributed by atoms with Gasteiger partial charge in [0.05, 0.1) is 0 Å². The zero-order valence-corrected chi connectivity index (χ0v) is 12.2. The third kappa shape index (κ3) is 2.71. The second-order valence-corrected chi connectivity index (χ2v) is 5.79. The molecule has 3 aromatic rings. The van der Waals surface area contributed by atoms with Crippen molar-refractivity contribution in [2.75, 3.05) is 0 Å².